The van der Waals surface area contributed by atoms with Crippen LogP contribution in [0.15, 0.2) is 0 Å². The van der Waals surface area contributed by atoms with Crippen LogP contribution in [0.4, 0.5) is 13.2 Å². The normalized spacial score (nSPS) is 31.3. The fraction of sp³-hybridized carbons (Fsp3) is 1.00. The van der Waals surface area contributed by atoms with Crippen molar-refractivity contribution in [2.24, 2.45) is 11.1 Å². The molecule has 1 saturated heterocycles. The summed E-state index contributed by atoms with van der Waals surface area (Å²) < 4.78 is 42.1. The number of nitrogens with two attached hydrogens (primary N) is 1. The van der Waals surface area contributed by atoms with E-state index in [0.29, 0.717) is 26.3 Å². The molecular formula is C10H19F3N2O. The van der Waals surface area contributed by atoms with Gasteiger partial charge in [0.05, 0.1) is 19.8 Å². The molecule has 2 N–H and O–H groups in total. The molecule has 6 heteroatoms. The number of ether oxygens (including phenoxy) is 1. The summed E-state index contributed by atoms with van der Waals surface area (Å²) in [5.74, 6) is 0. The van der Waals surface area contributed by atoms with Gasteiger partial charge in [-0.2, -0.15) is 13.2 Å². The van der Waals surface area contributed by atoms with Gasteiger partial charge >= 0.3 is 6.18 Å². The van der Waals surface area contributed by atoms with E-state index < -0.39 is 12.7 Å². The Morgan fingerprint density at radius 3 is 2.50 bits per heavy atom. The second kappa shape index (κ2) is 4.89. The summed E-state index contributed by atoms with van der Waals surface area (Å²) in [6.45, 7) is 4.26. The Bertz CT molecular complexity index is 235. The molecular weight excluding hydrogens is 221 g/mol. The first-order chi connectivity index (χ1) is 7.27. The van der Waals surface area contributed by atoms with Crippen LogP contribution in [0, 0.1) is 5.41 Å². The number of hydrogen-bond acceptors (Lipinski definition) is 3. The third-order valence-corrected chi connectivity index (χ3v) is 3.06. The highest BCUT2D eigenvalue weighted by molar-refractivity contribution is 4.92. The van der Waals surface area contributed by atoms with Crippen molar-refractivity contribution < 1.29 is 17.9 Å². The monoisotopic (exact) mass is 240 g/mol. The summed E-state index contributed by atoms with van der Waals surface area (Å²) in [5.41, 5.74) is 5.47. The van der Waals surface area contributed by atoms with E-state index in [1.807, 2.05) is 6.92 Å². The maximum atomic E-state index is 12.3. The molecule has 2 unspecified atom stereocenters. The van der Waals surface area contributed by atoms with Gasteiger partial charge in [0.25, 0.3) is 0 Å². The van der Waals surface area contributed by atoms with Gasteiger partial charge in [0.2, 0.25) is 0 Å². The molecule has 0 amide bonds. The highest BCUT2D eigenvalue weighted by Gasteiger charge is 2.40. The number of alkyl halides is 3. The van der Waals surface area contributed by atoms with E-state index in [4.69, 9.17) is 10.5 Å². The fourth-order valence-electron chi connectivity index (χ4n) is 1.93. The topological polar surface area (TPSA) is 38.5 Å². The van der Waals surface area contributed by atoms with Gasteiger partial charge in [-0.3, -0.25) is 4.90 Å². The van der Waals surface area contributed by atoms with Crippen molar-refractivity contribution in [1.82, 2.24) is 4.90 Å². The second-order valence-electron chi connectivity index (χ2n) is 4.69. The fourth-order valence-corrected chi connectivity index (χ4v) is 1.93. The minimum absolute atomic E-state index is 0.185. The Kier molecular flexibility index (Phi) is 4.20. The predicted molar refractivity (Wildman–Crippen MR) is 55.1 cm³/mol. The first kappa shape index (κ1) is 13.7. The number of halogens is 3. The van der Waals surface area contributed by atoms with Crippen molar-refractivity contribution in [3.63, 3.8) is 0 Å². The second-order valence-corrected chi connectivity index (χ2v) is 4.69. The molecule has 0 aromatic heterocycles. The van der Waals surface area contributed by atoms with Crippen molar-refractivity contribution in [1.29, 1.82) is 0 Å². The molecule has 0 radical (unpaired) electrons. The van der Waals surface area contributed by atoms with Crippen molar-refractivity contribution in [3.05, 3.63) is 0 Å². The number of nitrogens with zero attached hydrogens (tertiary/aromatic N) is 1. The van der Waals surface area contributed by atoms with E-state index >= 15 is 0 Å². The molecule has 1 aliphatic rings. The molecule has 2 atom stereocenters. The highest BCUT2D eigenvalue weighted by Crippen LogP contribution is 2.29. The highest BCUT2D eigenvalue weighted by atomic mass is 19.4. The van der Waals surface area contributed by atoms with Crippen molar-refractivity contribution >= 4 is 0 Å². The molecule has 96 valence electrons. The van der Waals surface area contributed by atoms with Crippen LogP contribution in [-0.2, 0) is 4.74 Å². The van der Waals surface area contributed by atoms with E-state index in [2.05, 4.69) is 0 Å². The molecule has 0 spiro atoms. The summed E-state index contributed by atoms with van der Waals surface area (Å²) in [6, 6.07) is -0.185. The average molecular weight is 240 g/mol. The minimum atomic E-state index is -4.16. The summed E-state index contributed by atoms with van der Waals surface area (Å²) in [7, 11) is 0. The van der Waals surface area contributed by atoms with Gasteiger partial charge in [-0.15, -0.1) is 0 Å². The molecule has 1 aliphatic heterocycles. The Labute approximate surface area is 93.7 Å². The lowest BCUT2D eigenvalue weighted by Gasteiger charge is -2.33. The lowest BCUT2D eigenvalue weighted by atomic mass is 9.85. The van der Waals surface area contributed by atoms with Crippen LogP contribution < -0.4 is 5.73 Å². The van der Waals surface area contributed by atoms with Crippen LogP contribution in [0.5, 0.6) is 0 Å². The first-order valence-electron chi connectivity index (χ1n) is 5.39. The first-order valence-corrected chi connectivity index (χ1v) is 5.39. The van der Waals surface area contributed by atoms with Gasteiger partial charge in [-0.05, 0) is 6.54 Å². The molecule has 1 fully saturated rings. The van der Waals surface area contributed by atoms with Crippen LogP contribution >= 0.6 is 0 Å². The lowest BCUT2D eigenvalue weighted by Crippen LogP contribution is -2.48. The summed E-state index contributed by atoms with van der Waals surface area (Å²) >= 11 is 0. The predicted octanol–water partition coefficient (Wildman–Crippen LogP) is 1.23. The van der Waals surface area contributed by atoms with Gasteiger partial charge in [0, 0.05) is 18.0 Å². The Morgan fingerprint density at radius 2 is 2.12 bits per heavy atom. The van der Waals surface area contributed by atoms with Crippen LogP contribution in [0.1, 0.15) is 13.8 Å². The van der Waals surface area contributed by atoms with E-state index in [-0.39, 0.29) is 11.5 Å². The van der Waals surface area contributed by atoms with Crippen LogP contribution in [0.25, 0.3) is 0 Å². The maximum Gasteiger partial charge on any atom is 0.401 e. The Hall–Kier alpha value is -0.330. The Balaban J connectivity index is 2.56. The quantitative estimate of drug-likeness (QED) is 0.803. The van der Waals surface area contributed by atoms with E-state index in [0.717, 1.165) is 0 Å². The molecule has 16 heavy (non-hydrogen) atoms. The lowest BCUT2D eigenvalue weighted by molar-refractivity contribution is -0.148. The zero-order chi connectivity index (χ0) is 12.4. The molecule has 0 bridgehead atoms. The molecule has 1 rings (SSSR count). The zero-order valence-corrected chi connectivity index (χ0v) is 9.68. The Morgan fingerprint density at radius 1 is 1.50 bits per heavy atom. The van der Waals surface area contributed by atoms with Crippen molar-refractivity contribution in [2.45, 2.75) is 26.1 Å². The van der Waals surface area contributed by atoms with E-state index in [1.54, 1.807) is 6.92 Å². The maximum absolute atomic E-state index is 12.3. The van der Waals surface area contributed by atoms with Gasteiger partial charge in [-0.25, -0.2) is 0 Å². The zero-order valence-electron chi connectivity index (χ0n) is 9.68. The molecule has 3 nitrogen and oxygen atoms in total. The van der Waals surface area contributed by atoms with Gasteiger partial charge in [-0.1, -0.05) is 13.8 Å². The molecule has 1 heterocycles. The van der Waals surface area contributed by atoms with Crippen molar-refractivity contribution in [3.8, 4) is 0 Å². The molecule has 0 aliphatic carbocycles. The third kappa shape index (κ3) is 3.61. The standard InChI is InChI=1S/C10H19F3N2O/c1-3-15(6-10(11,12)13)5-9(2)7-16-4-8(9)14/h8H,3-7,14H2,1-2H3. The third-order valence-electron chi connectivity index (χ3n) is 3.06. The molecule has 0 saturated carbocycles. The van der Waals surface area contributed by atoms with Gasteiger partial charge in [0.1, 0.15) is 0 Å². The van der Waals surface area contributed by atoms with E-state index in [1.165, 1.54) is 4.90 Å². The number of rotatable bonds is 4. The minimum Gasteiger partial charge on any atom is -0.379 e. The van der Waals surface area contributed by atoms with Crippen molar-refractivity contribution in [2.75, 3.05) is 32.8 Å². The molecule has 0 aromatic carbocycles. The smallest absolute Gasteiger partial charge is 0.379 e. The molecule has 0 aromatic rings. The van der Waals surface area contributed by atoms with Gasteiger partial charge < -0.3 is 10.5 Å². The summed E-state index contributed by atoms with van der Waals surface area (Å²) in [4.78, 5) is 1.37. The SMILES string of the molecule is CCN(CC(F)(F)F)CC1(C)COCC1N. The average Bonchev–Trinajstić information content (AvgIpc) is 2.44. The summed E-state index contributed by atoms with van der Waals surface area (Å²) in [6.07, 6.45) is -4.16. The number of hydrogen-bond donors (Lipinski definition) is 1. The van der Waals surface area contributed by atoms with Crippen LogP contribution in [0.2, 0.25) is 0 Å². The van der Waals surface area contributed by atoms with Gasteiger partial charge in [0.15, 0.2) is 0 Å². The van der Waals surface area contributed by atoms with Crippen LogP contribution in [-0.4, -0.2) is 50.0 Å². The summed E-state index contributed by atoms with van der Waals surface area (Å²) in [5, 5.41) is 0. The van der Waals surface area contributed by atoms with Crippen LogP contribution in [0.3, 0.4) is 0 Å². The van der Waals surface area contributed by atoms with E-state index in [9.17, 15) is 13.2 Å². The largest absolute Gasteiger partial charge is 0.401 e.